The predicted octanol–water partition coefficient (Wildman–Crippen LogP) is 2.95. The molecule has 1 N–H and O–H groups in total. The molecule has 2 rings (SSSR count). The monoisotopic (exact) mass is 241 g/mol. The highest BCUT2D eigenvalue weighted by Crippen LogP contribution is 2.35. The van der Waals surface area contributed by atoms with Crippen LogP contribution in [0.5, 0.6) is 5.75 Å². The molecule has 1 aliphatic rings. The molecule has 1 aromatic rings. The van der Waals surface area contributed by atoms with Crippen molar-refractivity contribution in [2.24, 2.45) is 0 Å². The van der Waals surface area contributed by atoms with Gasteiger partial charge in [-0.15, -0.1) is 0 Å². The van der Waals surface area contributed by atoms with Crippen molar-refractivity contribution in [3.8, 4) is 5.75 Å². The molecule has 70 valence electrons. The van der Waals surface area contributed by atoms with E-state index in [1.54, 1.807) is 0 Å². The lowest BCUT2D eigenvalue weighted by atomic mass is 10.2. The van der Waals surface area contributed by atoms with Crippen LogP contribution in [0.1, 0.15) is 12.0 Å². The molecule has 1 heterocycles. The Balaban J connectivity index is 2.47. The number of hydrogen-bond donors (Lipinski definition) is 1. The van der Waals surface area contributed by atoms with Gasteiger partial charge in [-0.25, -0.2) is 0 Å². The largest absolute Gasteiger partial charge is 0.490 e. The molecule has 0 aromatic heterocycles. The summed E-state index contributed by atoms with van der Waals surface area (Å²) in [5.41, 5.74) is 2.34. The summed E-state index contributed by atoms with van der Waals surface area (Å²) in [6.45, 7) is 3.86. The number of anilines is 1. The highest BCUT2D eigenvalue weighted by Gasteiger charge is 2.11. The van der Waals surface area contributed by atoms with Gasteiger partial charge in [0.2, 0.25) is 0 Å². The van der Waals surface area contributed by atoms with Crippen LogP contribution in [0.3, 0.4) is 0 Å². The zero-order valence-electron chi connectivity index (χ0n) is 7.56. The van der Waals surface area contributed by atoms with Crippen molar-refractivity contribution >= 4 is 21.6 Å². The Bertz CT molecular complexity index is 325. The summed E-state index contributed by atoms with van der Waals surface area (Å²) >= 11 is 3.50. The van der Waals surface area contributed by atoms with Gasteiger partial charge in [0, 0.05) is 6.54 Å². The first-order valence-electron chi connectivity index (χ1n) is 4.44. The molecular formula is C10H12BrNO. The van der Waals surface area contributed by atoms with Crippen molar-refractivity contribution in [3.05, 3.63) is 22.2 Å². The molecule has 1 aliphatic heterocycles. The van der Waals surface area contributed by atoms with E-state index in [0.717, 1.165) is 35.5 Å². The fourth-order valence-corrected chi connectivity index (χ4v) is 2.17. The average Bonchev–Trinajstić information content (AvgIpc) is 2.28. The normalized spacial score (nSPS) is 15.2. The van der Waals surface area contributed by atoms with Crippen LogP contribution >= 0.6 is 15.9 Å². The van der Waals surface area contributed by atoms with Crippen LogP contribution in [0.25, 0.3) is 0 Å². The molecule has 0 aliphatic carbocycles. The van der Waals surface area contributed by atoms with E-state index in [-0.39, 0.29) is 0 Å². The lowest BCUT2D eigenvalue weighted by Gasteiger charge is -2.10. The molecule has 3 heteroatoms. The SMILES string of the molecule is Cc1cc(Br)c2c(c1)NCCCO2. The lowest BCUT2D eigenvalue weighted by molar-refractivity contribution is 0.321. The van der Waals surface area contributed by atoms with Crippen molar-refractivity contribution in [1.82, 2.24) is 0 Å². The van der Waals surface area contributed by atoms with Crippen molar-refractivity contribution in [1.29, 1.82) is 0 Å². The zero-order valence-corrected chi connectivity index (χ0v) is 9.15. The van der Waals surface area contributed by atoms with Gasteiger partial charge in [-0.2, -0.15) is 0 Å². The van der Waals surface area contributed by atoms with Crippen molar-refractivity contribution < 1.29 is 4.74 Å². The van der Waals surface area contributed by atoms with E-state index in [9.17, 15) is 0 Å². The van der Waals surface area contributed by atoms with Gasteiger partial charge in [0.25, 0.3) is 0 Å². The summed E-state index contributed by atoms with van der Waals surface area (Å²) in [7, 11) is 0. The van der Waals surface area contributed by atoms with Gasteiger partial charge >= 0.3 is 0 Å². The summed E-state index contributed by atoms with van der Waals surface area (Å²) in [6.07, 6.45) is 1.06. The molecule has 0 amide bonds. The Hall–Kier alpha value is -0.700. The summed E-state index contributed by atoms with van der Waals surface area (Å²) in [6, 6.07) is 4.19. The van der Waals surface area contributed by atoms with Crippen LogP contribution in [0, 0.1) is 6.92 Å². The summed E-state index contributed by atoms with van der Waals surface area (Å²) in [4.78, 5) is 0. The Morgan fingerprint density at radius 3 is 3.15 bits per heavy atom. The van der Waals surface area contributed by atoms with Crippen LogP contribution < -0.4 is 10.1 Å². The van der Waals surface area contributed by atoms with Crippen LogP contribution in [-0.2, 0) is 0 Å². The standard InChI is InChI=1S/C10H12BrNO/c1-7-5-8(11)10-9(6-7)12-3-2-4-13-10/h5-6,12H,2-4H2,1H3. The first-order chi connectivity index (χ1) is 6.27. The van der Waals surface area contributed by atoms with E-state index in [1.807, 2.05) is 0 Å². The quantitative estimate of drug-likeness (QED) is 0.755. The number of aryl methyl sites for hydroxylation is 1. The van der Waals surface area contributed by atoms with Gasteiger partial charge in [0.05, 0.1) is 16.8 Å². The second-order valence-electron chi connectivity index (χ2n) is 3.25. The highest BCUT2D eigenvalue weighted by atomic mass is 79.9. The van der Waals surface area contributed by atoms with Crippen molar-refractivity contribution in [2.75, 3.05) is 18.5 Å². The number of fused-ring (bicyclic) bond motifs is 1. The molecule has 13 heavy (non-hydrogen) atoms. The first-order valence-corrected chi connectivity index (χ1v) is 5.23. The zero-order chi connectivity index (χ0) is 9.26. The number of halogens is 1. The first kappa shape index (κ1) is 8.88. The maximum Gasteiger partial charge on any atom is 0.156 e. The number of rotatable bonds is 0. The molecular weight excluding hydrogens is 230 g/mol. The number of ether oxygens (including phenoxy) is 1. The minimum atomic E-state index is 0.793. The van der Waals surface area contributed by atoms with Gasteiger partial charge in [-0.05, 0) is 47.0 Å². The summed E-state index contributed by atoms with van der Waals surface area (Å²) < 4.78 is 6.66. The fraction of sp³-hybridized carbons (Fsp3) is 0.400. The minimum Gasteiger partial charge on any atom is -0.490 e. The van der Waals surface area contributed by atoms with Crippen molar-refractivity contribution in [3.63, 3.8) is 0 Å². The van der Waals surface area contributed by atoms with Crippen LogP contribution in [-0.4, -0.2) is 13.2 Å². The van der Waals surface area contributed by atoms with Crippen LogP contribution in [0.4, 0.5) is 5.69 Å². The molecule has 0 saturated heterocycles. The van der Waals surface area contributed by atoms with Crippen LogP contribution in [0.15, 0.2) is 16.6 Å². The van der Waals surface area contributed by atoms with E-state index in [4.69, 9.17) is 4.74 Å². The molecule has 2 nitrogen and oxygen atoms in total. The van der Waals surface area contributed by atoms with E-state index >= 15 is 0 Å². The molecule has 1 aromatic carbocycles. The predicted molar refractivity (Wildman–Crippen MR) is 57.5 cm³/mol. The van der Waals surface area contributed by atoms with Gasteiger partial charge in [0.15, 0.2) is 5.75 Å². The molecule has 0 saturated carbocycles. The van der Waals surface area contributed by atoms with E-state index in [2.05, 4.69) is 40.3 Å². The fourth-order valence-electron chi connectivity index (χ4n) is 1.48. The number of benzene rings is 1. The molecule has 0 bridgehead atoms. The topological polar surface area (TPSA) is 21.3 Å². The lowest BCUT2D eigenvalue weighted by Crippen LogP contribution is -2.00. The van der Waals surface area contributed by atoms with Gasteiger partial charge in [-0.1, -0.05) is 0 Å². The highest BCUT2D eigenvalue weighted by molar-refractivity contribution is 9.10. The van der Waals surface area contributed by atoms with Gasteiger partial charge in [-0.3, -0.25) is 0 Å². The Labute approximate surface area is 86.4 Å². The molecule has 0 unspecified atom stereocenters. The van der Waals surface area contributed by atoms with Gasteiger partial charge < -0.3 is 10.1 Å². The molecule has 0 spiro atoms. The van der Waals surface area contributed by atoms with Crippen LogP contribution in [0.2, 0.25) is 0 Å². The molecule has 0 fully saturated rings. The minimum absolute atomic E-state index is 0.793. The van der Waals surface area contributed by atoms with Gasteiger partial charge in [0.1, 0.15) is 0 Å². The number of hydrogen-bond acceptors (Lipinski definition) is 2. The maximum atomic E-state index is 5.62. The second-order valence-corrected chi connectivity index (χ2v) is 4.11. The smallest absolute Gasteiger partial charge is 0.156 e. The average molecular weight is 242 g/mol. The van der Waals surface area contributed by atoms with E-state index < -0.39 is 0 Å². The summed E-state index contributed by atoms with van der Waals surface area (Å²) in [5.74, 6) is 0.947. The summed E-state index contributed by atoms with van der Waals surface area (Å²) in [5, 5.41) is 3.35. The van der Waals surface area contributed by atoms with E-state index in [1.165, 1.54) is 5.56 Å². The third kappa shape index (κ3) is 1.80. The Morgan fingerprint density at radius 1 is 1.46 bits per heavy atom. The third-order valence-corrected chi connectivity index (χ3v) is 2.66. The Kier molecular flexibility index (Phi) is 2.44. The number of nitrogens with one attached hydrogen (secondary N) is 1. The van der Waals surface area contributed by atoms with E-state index in [0.29, 0.717) is 0 Å². The molecule has 0 atom stereocenters. The molecule has 0 radical (unpaired) electrons. The maximum absolute atomic E-state index is 5.62. The Morgan fingerprint density at radius 2 is 2.31 bits per heavy atom. The van der Waals surface area contributed by atoms with Crippen molar-refractivity contribution in [2.45, 2.75) is 13.3 Å². The third-order valence-electron chi connectivity index (χ3n) is 2.07. The second kappa shape index (κ2) is 3.58.